The highest BCUT2D eigenvalue weighted by molar-refractivity contribution is 5.30. The zero-order valence-electron chi connectivity index (χ0n) is 10.2. The van der Waals surface area contributed by atoms with E-state index in [0.29, 0.717) is 13.0 Å². The minimum atomic E-state index is -0.682. The van der Waals surface area contributed by atoms with Gasteiger partial charge in [-0.25, -0.2) is 0 Å². The Kier molecular flexibility index (Phi) is 4.33. The van der Waals surface area contributed by atoms with Crippen molar-refractivity contribution in [1.29, 1.82) is 0 Å². The lowest BCUT2D eigenvalue weighted by molar-refractivity contribution is 0.0553. The van der Waals surface area contributed by atoms with Gasteiger partial charge in [-0.2, -0.15) is 0 Å². The molecule has 90 valence electrons. The van der Waals surface area contributed by atoms with Crippen LogP contribution in [0.25, 0.3) is 0 Å². The van der Waals surface area contributed by atoms with Gasteiger partial charge in [0.05, 0.1) is 12.2 Å². The fraction of sp³-hybridized carbons (Fsp3) is 0.538. The first-order chi connectivity index (χ1) is 7.38. The smallest absolute Gasteiger partial charge is 0.119 e. The number of hydrogen-bond donors (Lipinski definition) is 2. The Bertz CT molecular complexity index is 329. The average Bonchev–Trinajstić information content (AvgIpc) is 2.16. The number of ether oxygens (including phenoxy) is 1. The average molecular weight is 223 g/mol. The Hall–Kier alpha value is -1.06. The molecule has 0 radical (unpaired) electrons. The Morgan fingerprint density at radius 2 is 2.12 bits per heavy atom. The molecule has 1 rings (SSSR count). The van der Waals surface area contributed by atoms with Crippen LogP contribution in [-0.4, -0.2) is 17.3 Å². The lowest BCUT2D eigenvalue weighted by Crippen LogP contribution is -2.21. The molecule has 3 nitrogen and oxygen atoms in total. The summed E-state index contributed by atoms with van der Waals surface area (Å²) in [6.07, 6.45) is 0.607. The predicted octanol–water partition coefficient (Wildman–Crippen LogP) is 2.25. The summed E-state index contributed by atoms with van der Waals surface area (Å²) in [6.45, 7) is 5.99. The summed E-state index contributed by atoms with van der Waals surface area (Å²) in [5.74, 6) is 0.805. The molecule has 0 saturated carbocycles. The monoisotopic (exact) mass is 223 g/mol. The van der Waals surface area contributed by atoms with Gasteiger partial charge in [-0.15, -0.1) is 0 Å². The SMILES string of the molecule is C[C@@H](N)c1cccc(OCCC(C)(C)O)c1. The molecular formula is C13H21NO2. The second kappa shape index (κ2) is 5.32. The van der Waals surface area contributed by atoms with Crippen LogP contribution in [0.2, 0.25) is 0 Å². The highest BCUT2D eigenvalue weighted by Gasteiger charge is 2.12. The largest absolute Gasteiger partial charge is 0.493 e. The first-order valence-electron chi connectivity index (χ1n) is 5.59. The summed E-state index contributed by atoms with van der Waals surface area (Å²) in [6, 6.07) is 7.76. The molecule has 16 heavy (non-hydrogen) atoms. The summed E-state index contributed by atoms with van der Waals surface area (Å²) in [5.41, 5.74) is 6.16. The number of benzene rings is 1. The number of rotatable bonds is 5. The quantitative estimate of drug-likeness (QED) is 0.805. The normalized spacial score (nSPS) is 13.6. The zero-order chi connectivity index (χ0) is 12.2. The Balaban J connectivity index is 2.51. The second-order valence-electron chi connectivity index (χ2n) is 4.77. The lowest BCUT2D eigenvalue weighted by Gasteiger charge is -2.17. The van der Waals surface area contributed by atoms with Crippen LogP contribution in [0.4, 0.5) is 0 Å². The van der Waals surface area contributed by atoms with Crippen molar-refractivity contribution in [2.75, 3.05) is 6.61 Å². The maximum absolute atomic E-state index is 9.54. The number of hydrogen-bond acceptors (Lipinski definition) is 3. The maximum Gasteiger partial charge on any atom is 0.119 e. The number of nitrogens with two attached hydrogens (primary N) is 1. The lowest BCUT2D eigenvalue weighted by atomic mass is 10.1. The molecule has 0 saturated heterocycles. The van der Waals surface area contributed by atoms with Gasteiger partial charge < -0.3 is 15.6 Å². The van der Waals surface area contributed by atoms with Gasteiger partial charge in [-0.3, -0.25) is 0 Å². The van der Waals surface area contributed by atoms with Crippen molar-refractivity contribution >= 4 is 0 Å². The highest BCUT2D eigenvalue weighted by Crippen LogP contribution is 2.18. The number of aliphatic hydroxyl groups is 1. The van der Waals surface area contributed by atoms with E-state index in [0.717, 1.165) is 11.3 Å². The third-order valence-corrected chi connectivity index (χ3v) is 2.37. The van der Waals surface area contributed by atoms with Gasteiger partial charge in [0.25, 0.3) is 0 Å². The summed E-state index contributed by atoms with van der Waals surface area (Å²) >= 11 is 0. The van der Waals surface area contributed by atoms with Gasteiger partial charge in [0, 0.05) is 12.5 Å². The van der Waals surface area contributed by atoms with E-state index in [1.807, 2.05) is 31.2 Å². The summed E-state index contributed by atoms with van der Waals surface area (Å²) < 4.78 is 5.56. The molecule has 0 bridgehead atoms. The van der Waals surface area contributed by atoms with Crippen molar-refractivity contribution in [2.45, 2.75) is 38.8 Å². The zero-order valence-corrected chi connectivity index (χ0v) is 10.2. The van der Waals surface area contributed by atoms with Gasteiger partial charge in [0.1, 0.15) is 5.75 Å². The van der Waals surface area contributed by atoms with E-state index in [-0.39, 0.29) is 6.04 Å². The van der Waals surface area contributed by atoms with Gasteiger partial charge >= 0.3 is 0 Å². The molecule has 0 aliphatic rings. The topological polar surface area (TPSA) is 55.5 Å². The van der Waals surface area contributed by atoms with E-state index in [1.54, 1.807) is 13.8 Å². The molecule has 3 N–H and O–H groups in total. The molecule has 0 heterocycles. The Morgan fingerprint density at radius 3 is 2.69 bits per heavy atom. The van der Waals surface area contributed by atoms with E-state index in [1.165, 1.54) is 0 Å². The molecule has 1 aromatic carbocycles. The van der Waals surface area contributed by atoms with Crippen LogP contribution >= 0.6 is 0 Å². The summed E-state index contributed by atoms with van der Waals surface area (Å²) in [4.78, 5) is 0. The molecule has 3 heteroatoms. The van der Waals surface area contributed by atoms with E-state index in [4.69, 9.17) is 10.5 Å². The van der Waals surface area contributed by atoms with E-state index in [2.05, 4.69) is 0 Å². The van der Waals surface area contributed by atoms with Crippen molar-refractivity contribution in [3.63, 3.8) is 0 Å². The maximum atomic E-state index is 9.54. The van der Waals surface area contributed by atoms with Crippen LogP contribution < -0.4 is 10.5 Å². The van der Waals surface area contributed by atoms with Crippen molar-refractivity contribution in [1.82, 2.24) is 0 Å². The Morgan fingerprint density at radius 1 is 1.44 bits per heavy atom. The van der Waals surface area contributed by atoms with Crippen LogP contribution in [0.5, 0.6) is 5.75 Å². The molecule has 0 unspecified atom stereocenters. The summed E-state index contributed by atoms with van der Waals surface area (Å²) in [5, 5.41) is 9.54. The molecule has 0 spiro atoms. The molecule has 1 atom stereocenters. The van der Waals surface area contributed by atoms with Crippen molar-refractivity contribution in [2.24, 2.45) is 5.73 Å². The van der Waals surface area contributed by atoms with E-state index in [9.17, 15) is 5.11 Å². The van der Waals surface area contributed by atoms with Gasteiger partial charge in [-0.1, -0.05) is 12.1 Å². The van der Waals surface area contributed by atoms with Crippen molar-refractivity contribution in [3.05, 3.63) is 29.8 Å². The molecular weight excluding hydrogens is 202 g/mol. The fourth-order valence-corrected chi connectivity index (χ4v) is 1.31. The van der Waals surface area contributed by atoms with E-state index < -0.39 is 5.60 Å². The van der Waals surface area contributed by atoms with Gasteiger partial charge in [0.2, 0.25) is 0 Å². The van der Waals surface area contributed by atoms with Gasteiger partial charge in [-0.05, 0) is 38.5 Å². The first kappa shape index (κ1) is 13.0. The molecule has 0 fully saturated rings. The minimum absolute atomic E-state index is 0.0119. The van der Waals surface area contributed by atoms with Crippen molar-refractivity contribution in [3.8, 4) is 5.75 Å². The van der Waals surface area contributed by atoms with E-state index >= 15 is 0 Å². The third-order valence-electron chi connectivity index (χ3n) is 2.37. The molecule has 0 amide bonds. The molecule has 0 aliphatic heterocycles. The second-order valence-corrected chi connectivity index (χ2v) is 4.77. The molecule has 0 aromatic heterocycles. The fourth-order valence-electron chi connectivity index (χ4n) is 1.31. The minimum Gasteiger partial charge on any atom is -0.493 e. The highest BCUT2D eigenvalue weighted by atomic mass is 16.5. The van der Waals surface area contributed by atoms with Crippen LogP contribution in [-0.2, 0) is 0 Å². The predicted molar refractivity (Wildman–Crippen MR) is 65.5 cm³/mol. The Labute approximate surface area is 97.2 Å². The first-order valence-corrected chi connectivity index (χ1v) is 5.59. The van der Waals surface area contributed by atoms with Gasteiger partial charge in [0.15, 0.2) is 0 Å². The summed E-state index contributed by atoms with van der Waals surface area (Å²) in [7, 11) is 0. The van der Waals surface area contributed by atoms with Crippen LogP contribution in [0.3, 0.4) is 0 Å². The standard InChI is InChI=1S/C13H21NO2/c1-10(14)11-5-4-6-12(9-11)16-8-7-13(2,3)15/h4-6,9-10,15H,7-8,14H2,1-3H3/t10-/m1/s1. The molecule has 0 aliphatic carbocycles. The van der Waals surface area contributed by atoms with Crippen LogP contribution in [0.15, 0.2) is 24.3 Å². The van der Waals surface area contributed by atoms with Crippen LogP contribution in [0.1, 0.15) is 38.8 Å². The molecule has 1 aromatic rings. The van der Waals surface area contributed by atoms with Crippen LogP contribution in [0, 0.1) is 0 Å². The third kappa shape index (κ3) is 4.64. The van der Waals surface area contributed by atoms with Crippen molar-refractivity contribution < 1.29 is 9.84 Å².